The number of hydrogen-bond acceptors (Lipinski definition) is 2. The lowest BCUT2D eigenvalue weighted by molar-refractivity contribution is -0.118. The molecule has 0 radical (unpaired) electrons. The Balaban J connectivity index is 1.73. The molecule has 0 bridgehead atoms. The maximum absolute atomic E-state index is 13.2. The normalized spacial score (nSPS) is 14.1. The molecule has 3 aromatic rings. The van der Waals surface area contributed by atoms with Crippen molar-refractivity contribution in [2.24, 2.45) is 0 Å². The molecule has 0 aliphatic carbocycles. The van der Waals surface area contributed by atoms with Gasteiger partial charge in [0.15, 0.2) is 0 Å². The number of rotatable bonds is 2. The minimum atomic E-state index is -0.102. The van der Waals surface area contributed by atoms with Crippen molar-refractivity contribution in [1.82, 2.24) is 4.57 Å². The topological polar surface area (TPSA) is 45.6 Å². The van der Waals surface area contributed by atoms with Crippen LogP contribution in [0.1, 0.15) is 16.8 Å². The van der Waals surface area contributed by atoms with E-state index in [9.17, 15) is 9.59 Å². The van der Waals surface area contributed by atoms with Gasteiger partial charge in [0.2, 0.25) is 5.91 Å². The monoisotopic (exact) mass is 345 g/mol. The Hall–Kier alpha value is -3.34. The number of amides is 2. The van der Waals surface area contributed by atoms with Crippen LogP contribution >= 0.6 is 0 Å². The minimum Gasteiger partial charge on any atom is -0.324 e. The second-order valence-electron chi connectivity index (χ2n) is 6.29. The second kappa shape index (κ2) is 6.52. The van der Waals surface area contributed by atoms with E-state index in [0.717, 1.165) is 17.1 Å². The zero-order chi connectivity index (χ0) is 18.1. The van der Waals surface area contributed by atoms with Gasteiger partial charge in [-0.1, -0.05) is 18.2 Å². The summed E-state index contributed by atoms with van der Waals surface area (Å²) in [6, 6.07) is 18.9. The van der Waals surface area contributed by atoms with E-state index in [1.165, 1.54) is 0 Å². The summed E-state index contributed by atoms with van der Waals surface area (Å²) in [6.45, 7) is 0.368. The van der Waals surface area contributed by atoms with Crippen molar-refractivity contribution in [3.05, 3.63) is 78.6 Å². The highest BCUT2D eigenvalue weighted by Gasteiger charge is 2.27. The van der Waals surface area contributed by atoms with E-state index in [-0.39, 0.29) is 11.8 Å². The van der Waals surface area contributed by atoms with E-state index in [1.54, 1.807) is 16.8 Å². The fourth-order valence-electron chi connectivity index (χ4n) is 3.28. The predicted octanol–water partition coefficient (Wildman–Crippen LogP) is 3.49. The highest BCUT2D eigenvalue weighted by molar-refractivity contribution is 6.11. The summed E-state index contributed by atoms with van der Waals surface area (Å²) in [5.74, 6) is -0.0941. The number of carbonyl (C=O) groups excluding carboxylic acids is 2. The van der Waals surface area contributed by atoms with Crippen LogP contribution in [0.2, 0.25) is 0 Å². The number of carbonyl (C=O) groups is 2. The van der Waals surface area contributed by atoms with Crippen molar-refractivity contribution in [2.45, 2.75) is 6.42 Å². The quantitative estimate of drug-likeness (QED) is 0.714. The van der Waals surface area contributed by atoms with Crippen molar-refractivity contribution in [3.63, 3.8) is 0 Å². The number of fused-ring (bicyclic) bond motifs is 1. The molecule has 2 heterocycles. The fraction of sp³-hybridized carbons (Fsp3) is 0.143. The van der Waals surface area contributed by atoms with Gasteiger partial charge in [0.1, 0.15) is 0 Å². The van der Waals surface area contributed by atoms with E-state index < -0.39 is 0 Å². The van der Waals surface area contributed by atoms with Crippen LogP contribution in [0.5, 0.6) is 0 Å². The maximum Gasteiger partial charge on any atom is 0.258 e. The first kappa shape index (κ1) is 16.1. The lowest BCUT2D eigenvalue weighted by Crippen LogP contribution is -2.32. The van der Waals surface area contributed by atoms with Crippen molar-refractivity contribution in [2.75, 3.05) is 23.4 Å². The molecule has 5 heteroatoms. The Morgan fingerprint density at radius 1 is 0.923 bits per heavy atom. The largest absolute Gasteiger partial charge is 0.324 e. The molecular formula is C21H19N3O2. The Morgan fingerprint density at radius 3 is 2.42 bits per heavy atom. The first-order chi connectivity index (χ1) is 12.6. The molecule has 26 heavy (non-hydrogen) atoms. The molecule has 1 aromatic heterocycles. The molecule has 130 valence electrons. The fourth-order valence-corrected chi connectivity index (χ4v) is 3.28. The summed E-state index contributed by atoms with van der Waals surface area (Å²) in [7, 11) is 1.75. The second-order valence-corrected chi connectivity index (χ2v) is 6.29. The number of aromatic nitrogens is 1. The van der Waals surface area contributed by atoms with E-state index in [2.05, 4.69) is 0 Å². The van der Waals surface area contributed by atoms with Gasteiger partial charge in [-0.15, -0.1) is 0 Å². The molecule has 0 saturated carbocycles. The van der Waals surface area contributed by atoms with Crippen molar-refractivity contribution in [3.8, 4) is 5.69 Å². The molecule has 0 N–H and O–H groups in total. The van der Waals surface area contributed by atoms with E-state index in [1.807, 2.05) is 77.6 Å². The molecule has 4 rings (SSSR count). The average molecular weight is 345 g/mol. The molecular weight excluding hydrogens is 326 g/mol. The first-order valence-electron chi connectivity index (χ1n) is 8.56. The van der Waals surface area contributed by atoms with Crippen LogP contribution in [0, 0.1) is 0 Å². The minimum absolute atomic E-state index is 0.00819. The number of para-hydroxylation sites is 2. The summed E-state index contributed by atoms with van der Waals surface area (Å²) in [5.41, 5.74) is 3.04. The van der Waals surface area contributed by atoms with Gasteiger partial charge in [-0.25, -0.2) is 0 Å². The molecule has 1 aliphatic heterocycles. The predicted molar refractivity (Wildman–Crippen MR) is 102 cm³/mol. The first-order valence-corrected chi connectivity index (χ1v) is 8.56. The summed E-state index contributed by atoms with van der Waals surface area (Å²) in [4.78, 5) is 28.8. The van der Waals surface area contributed by atoms with Gasteiger partial charge in [0.25, 0.3) is 5.91 Å². The standard InChI is InChI=1S/C21H19N3O2/c1-22-18-9-2-3-10-19(18)24(14-11-20(22)25)21(26)16-7-6-8-17(15-16)23-12-4-5-13-23/h2-10,12-13,15H,11,14H2,1H3. The Bertz CT molecular complexity index is 963. The van der Waals surface area contributed by atoms with Crippen LogP contribution in [-0.4, -0.2) is 30.0 Å². The van der Waals surface area contributed by atoms with Crippen LogP contribution in [0.3, 0.4) is 0 Å². The van der Waals surface area contributed by atoms with Crippen LogP contribution in [-0.2, 0) is 4.79 Å². The number of benzene rings is 2. The summed E-state index contributed by atoms with van der Waals surface area (Å²) >= 11 is 0. The Morgan fingerprint density at radius 2 is 1.65 bits per heavy atom. The van der Waals surface area contributed by atoms with Crippen LogP contribution < -0.4 is 9.80 Å². The molecule has 1 aliphatic rings. The van der Waals surface area contributed by atoms with E-state index >= 15 is 0 Å². The molecule has 0 atom stereocenters. The summed E-state index contributed by atoms with van der Waals surface area (Å²) in [6.07, 6.45) is 4.19. The highest BCUT2D eigenvalue weighted by atomic mass is 16.2. The summed E-state index contributed by atoms with van der Waals surface area (Å²) in [5, 5.41) is 0. The molecule has 2 aromatic carbocycles. The van der Waals surface area contributed by atoms with Crippen LogP contribution in [0.25, 0.3) is 5.69 Å². The summed E-state index contributed by atoms with van der Waals surface area (Å²) < 4.78 is 1.96. The lowest BCUT2D eigenvalue weighted by Gasteiger charge is -2.24. The molecule has 0 spiro atoms. The molecule has 2 amide bonds. The molecule has 0 unspecified atom stereocenters. The van der Waals surface area contributed by atoms with Crippen LogP contribution in [0.4, 0.5) is 11.4 Å². The zero-order valence-corrected chi connectivity index (χ0v) is 14.5. The van der Waals surface area contributed by atoms with Crippen LogP contribution in [0.15, 0.2) is 73.1 Å². The van der Waals surface area contributed by atoms with Gasteiger partial charge in [0, 0.05) is 43.7 Å². The maximum atomic E-state index is 13.2. The Kier molecular flexibility index (Phi) is 4.05. The van der Waals surface area contributed by atoms with Crippen molar-refractivity contribution < 1.29 is 9.59 Å². The molecule has 0 fully saturated rings. The number of hydrogen-bond donors (Lipinski definition) is 0. The number of anilines is 2. The van der Waals surface area contributed by atoms with Gasteiger partial charge in [-0.2, -0.15) is 0 Å². The highest BCUT2D eigenvalue weighted by Crippen LogP contribution is 2.32. The zero-order valence-electron chi connectivity index (χ0n) is 14.5. The van der Waals surface area contributed by atoms with Gasteiger partial charge in [0.05, 0.1) is 11.4 Å². The third-order valence-electron chi connectivity index (χ3n) is 4.70. The lowest BCUT2D eigenvalue weighted by atomic mass is 10.1. The van der Waals surface area contributed by atoms with Gasteiger partial charge in [-0.3, -0.25) is 9.59 Å². The van der Waals surface area contributed by atoms with Crippen molar-refractivity contribution in [1.29, 1.82) is 0 Å². The van der Waals surface area contributed by atoms with E-state index in [0.29, 0.717) is 18.5 Å². The van der Waals surface area contributed by atoms with Gasteiger partial charge >= 0.3 is 0 Å². The third kappa shape index (κ3) is 2.77. The molecule has 5 nitrogen and oxygen atoms in total. The Labute approximate surface area is 152 Å². The smallest absolute Gasteiger partial charge is 0.258 e. The number of nitrogens with zero attached hydrogens (tertiary/aromatic N) is 3. The van der Waals surface area contributed by atoms with Gasteiger partial charge in [-0.05, 0) is 42.5 Å². The molecule has 0 saturated heterocycles. The third-order valence-corrected chi connectivity index (χ3v) is 4.70. The SMILES string of the molecule is CN1C(=O)CCN(C(=O)c2cccc(-n3cccc3)c2)c2ccccc21. The average Bonchev–Trinajstić information content (AvgIpc) is 3.19. The van der Waals surface area contributed by atoms with Gasteiger partial charge < -0.3 is 14.4 Å². The van der Waals surface area contributed by atoms with Crippen molar-refractivity contribution >= 4 is 23.2 Å². The van der Waals surface area contributed by atoms with E-state index in [4.69, 9.17) is 0 Å².